The summed E-state index contributed by atoms with van der Waals surface area (Å²) in [6.07, 6.45) is 3.35. The van der Waals surface area contributed by atoms with E-state index >= 15 is 0 Å². The summed E-state index contributed by atoms with van der Waals surface area (Å²) in [7, 11) is 0. The topological polar surface area (TPSA) is 51.4 Å². The fraction of sp³-hybridized carbons (Fsp3) is 0.545. The van der Waals surface area contributed by atoms with Crippen LogP contribution in [0.3, 0.4) is 0 Å². The maximum Gasteiger partial charge on any atom is 0.387 e. The number of nitrogens with two attached hydrogens (primary N) is 1. The molecule has 1 aliphatic heterocycles. The highest BCUT2D eigenvalue weighted by Gasteiger charge is 2.17. The number of piperidine rings is 1. The van der Waals surface area contributed by atoms with E-state index in [9.17, 15) is 8.78 Å². The molecular weight excluding hydrogens is 228 g/mol. The maximum atomic E-state index is 11.9. The first kappa shape index (κ1) is 12.0. The molecule has 0 aromatic carbocycles. The molecule has 2 heterocycles. The van der Waals surface area contributed by atoms with Crippen molar-refractivity contribution < 1.29 is 13.5 Å². The van der Waals surface area contributed by atoms with Gasteiger partial charge in [0.2, 0.25) is 0 Å². The van der Waals surface area contributed by atoms with Gasteiger partial charge in [-0.3, -0.25) is 0 Å². The van der Waals surface area contributed by atoms with E-state index in [0.717, 1.165) is 31.7 Å². The van der Waals surface area contributed by atoms with Gasteiger partial charge in [0.05, 0.1) is 6.20 Å². The number of rotatable bonds is 3. The lowest BCUT2D eigenvalue weighted by atomic mass is 10.1. The quantitative estimate of drug-likeness (QED) is 0.876. The van der Waals surface area contributed by atoms with Crippen LogP contribution in [0.5, 0.6) is 5.75 Å². The maximum absolute atomic E-state index is 11.9. The smallest absolute Gasteiger partial charge is 0.387 e. The summed E-state index contributed by atoms with van der Waals surface area (Å²) >= 11 is 0. The molecule has 1 saturated heterocycles. The zero-order valence-electron chi connectivity index (χ0n) is 9.35. The number of halogens is 2. The minimum absolute atomic E-state index is 0.0741. The van der Waals surface area contributed by atoms with Crippen LogP contribution in [0.25, 0.3) is 0 Å². The second-order valence-corrected chi connectivity index (χ2v) is 4.08. The lowest BCUT2D eigenvalue weighted by molar-refractivity contribution is -0.0500. The molecule has 1 aromatic rings. The minimum atomic E-state index is -2.81. The molecule has 2 N–H and O–H groups in total. The van der Waals surface area contributed by atoms with E-state index in [0.29, 0.717) is 0 Å². The van der Waals surface area contributed by atoms with Gasteiger partial charge in [0.1, 0.15) is 11.6 Å². The van der Waals surface area contributed by atoms with Gasteiger partial charge in [0.25, 0.3) is 0 Å². The number of pyridine rings is 1. The van der Waals surface area contributed by atoms with Gasteiger partial charge in [-0.2, -0.15) is 8.78 Å². The van der Waals surface area contributed by atoms with Crippen molar-refractivity contribution in [2.45, 2.75) is 25.5 Å². The third-order valence-corrected chi connectivity index (χ3v) is 2.73. The number of hydrogen-bond donors (Lipinski definition) is 1. The molecule has 0 amide bonds. The van der Waals surface area contributed by atoms with Crippen LogP contribution in [0.1, 0.15) is 12.8 Å². The monoisotopic (exact) mass is 243 g/mol. The molecule has 2 rings (SSSR count). The Labute approximate surface area is 98.4 Å². The zero-order chi connectivity index (χ0) is 12.3. The van der Waals surface area contributed by atoms with E-state index in [-0.39, 0.29) is 11.8 Å². The van der Waals surface area contributed by atoms with Crippen LogP contribution in [0.15, 0.2) is 18.3 Å². The Kier molecular flexibility index (Phi) is 3.73. The van der Waals surface area contributed by atoms with Crippen LogP contribution in [-0.2, 0) is 0 Å². The Bertz CT molecular complexity index is 358. The molecule has 17 heavy (non-hydrogen) atoms. The van der Waals surface area contributed by atoms with E-state index < -0.39 is 6.61 Å². The van der Waals surface area contributed by atoms with Crippen LogP contribution in [0.2, 0.25) is 0 Å². The largest absolute Gasteiger partial charge is 0.433 e. The van der Waals surface area contributed by atoms with Gasteiger partial charge in [0.15, 0.2) is 0 Å². The zero-order valence-corrected chi connectivity index (χ0v) is 9.35. The second kappa shape index (κ2) is 5.27. The summed E-state index contributed by atoms with van der Waals surface area (Å²) in [5.74, 6) is 0.826. The first-order chi connectivity index (χ1) is 8.15. The summed E-state index contributed by atoms with van der Waals surface area (Å²) in [5.41, 5.74) is 5.86. The highest BCUT2D eigenvalue weighted by Crippen LogP contribution is 2.20. The summed E-state index contributed by atoms with van der Waals surface area (Å²) < 4.78 is 28.1. The third kappa shape index (κ3) is 3.26. The first-order valence-corrected chi connectivity index (χ1v) is 5.56. The minimum Gasteiger partial charge on any atom is -0.433 e. The number of hydrogen-bond acceptors (Lipinski definition) is 4. The van der Waals surface area contributed by atoms with Crippen LogP contribution in [0.4, 0.5) is 14.6 Å². The first-order valence-electron chi connectivity index (χ1n) is 5.56. The van der Waals surface area contributed by atoms with Crippen LogP contribution in [-0.4, -0.2) is 30.7 Å². The Morgan fingerprint density at radius 3 is 2.88 bits per heavy atom. The summed E-state index contributed by atoms with van der Waals surface area (Å²) in [4.78, 5) is 6.16. The average molecular weight is 243 g/mol. The molecule has 1 atom stereocenters. The Hall–Kier alpha value is -1.43. The van der Waals surface area contributed by atoms with Crippen molar-refractivity contribution >= 4 is 5.82 Å². The number of nitrogens with zero attached hydrogens (tertiary/aromatic N) is 2. The number of alkyl halides is 2. The fourth-order valence-corrected chi connectivity index (χ4v) is 1.95. The van der Waals surface area contributed by atoms with Gasteiger partial charge in [-0.15, -0.1) is 0 Å². The van der Waals surface area contributed by atoms with Crippen molar-refractivity contribution in [3.8, 4) is 5.75 Å². The standard InChI is InChI=1S/C11H15F2N3O/c12-11(13)17-9-3-4-10(15-6-9)16-5-1-2-8(14)7-16/h3-4,6,8,11H,1-2,5,7,14H2. The fourth-order valence-electron chi connectivity index (χ4n) is 1.95. The molecule has 4 nitrogen and oxygen atoms in total. The lowest BCUT2D eigenvalue weighted by Crippen LogP contribution is -2.43. The number of ether oxygens (including phenoxy) is 1. The molecule has 1 unspecified atom stereocenters. The van der Waals surface area contributed by atoms with Crippen molar-refractivity contribution in [3.63, 3.8) is 0 Å². The molecule has 0 saturated carbocycles. The second-order valence-electron chi connectivity index (χ2n) is 4.08. The van der Waals surface area contributed by atoms with Gasteiger partial charge < -0.3 is 15.4 Å². The Morgan fingerprint density at radius 2 is 2.29 bits per heavy atom. The van der Waals surface area contributed by atoms with E-state index in [1.54, 1.807) is 6.07 Å². The predicted molar refractivity (Wildman–Crippen MR) is 60.3 cm³/mol. The van der Waals surface area contributed by atoms with Crippen molar-refractivity contribution in [2.75, 3.05) is 18.0 Å². The molecule has 1 fully saturated rings. The number of aromatic nitrogens is 1. The summed E-state index contributed by atoms with van der Waals surface area (Å²) in [5, 5.41) is 0. The summed E-state index contributed by atoms with van der Waals surface area (Å²) in [6.45, 7) is -1.16. The van der Waals surface area contributed by atoms with Gasteiger partial charge in [-0.05, 0) is 25.0 Å². The van der Waals surface area contributed by atoms with Crippen molar-refractivity contribution in [3.05, 3.63) is 18.3 Å². The van der Waals surface area contributed by atoms with E-state index in [2.05, 4.69) is 14.6 Å². The van der Waals surface area contributed by atoms with Crippen molar-refractivity contribution in [1.29, 1.82) is 0 Å². The summed E-state index contributed by atoms with van der Waals surface area (Å²) in [6, 6.07) is 3.33. The van der Waals surface area contributed by atoms with E-state index in [1.807, 2.05) is 0 Å². The molecule has 6 heteroatoms. The van der Waals surface area contributed by atoms with Crippen LogP contribution < -0.4 is 15.4 Å². The third-order valence-electron chi connectivity index (χ3n) is 2.73. The van der Waals surface area contributed by atoms with Gasteiger partial charge in [-0.25, -0.2) is 4.98 Å². The average Bonchev–Trinajstić information content (AvgIpc) is 2.29. The highest BCUT2D eigenvalue weighted by atomic mass is 19.3. The number of anilines is 1. The SMILES string of the molecule is NC1CCCN(c2ccc(OC(F)F)cn2)C1. The van der Waals surface area contributed by atoms with E-state index in [1.165, 1.54) is 12.3 Å². The Morgan fingerprint density at radius 1 is 1.47 bits per heavy atom. The molecule has 0 spiro atoms. The molecule has 94 valence electrons. The molecule has 0 bridgehead atoms. The molecule has 1 aliphatic rings. The van der Waals surface area contributed by atoms with Crippen LogP contribution in [0, 0.1) is 0 Å². The molecular formula is C11H15F2N3O. The molecule has 0 radical (unpaired) electrons. The van der Waals surface area contributed by atoms with E-state index in [4.69, 9.17) is 5.73 Å². The molecule has 1 aromatic heterocycles. The van der Waals surface area contributed by atoms with Gasteiger partial charge in [0, 0.05) is 19.1 Å². The highest BCUT2D eigenvalue weighted by molar-refractivity contribution is 5.41. The Balaban J connectivity index is 2.01. The predicted octanol–water partition coefficient (Wildman–Crippen LogP) is 1.61. The molecule has 0 aliphatic carbocycles. The van der Waals surface area contributed by atoms with Crippen LogP contribution >= 0.6 is 0 Å². The lowest BCUT2D eigenvalue weighted by Gasteiger charge is -2.31. The van der Waals surface area contributed by atoms with Gasteiger partial charge >= 0.3 is 6.61 Å². The van der Waals surface area contributed by atoms with Crippen molar-refractivity contribution in [2.24, 2.45) is 5.73 Å². The van der Waals surface area contributed by atoms with Gasteiger partial charge in [-0.1, -0.05) is 0 Å². The van der Waals surface area contributed by atoms with Crippen molar-refractivity contribution in [1.82, 2.24) is 4.98 Å². The normalized spacial score (nSPS) is 20.7.